The lowest BCUT2D eigenvalue weighted by atomic mass is 10.0. The molecule has 0 aliphatic heterocycles. The predicted octanol–water partition coefficient (Wildman–Crippen LogP) is 4.01. The summed E-state index contributed by atoms with van der Waals surface area (Å²) in [5.74, 6) is -0.204. The molecule has 0 aliphatic carbocycles. The number of thiazole rings is 1. The molecule has 3 aromatic rings. The lowest BCUT2D eigenvalue weighted by molar-refractivity contribution is -0.385. The summed E-state index contributed by atoms with van der Waals surface area (Å²) in [5, 5.41) is 11.1. The van der Waals surface area contributed by atoms with E-state index in [1.54, 1.807) is 6.07 Å². The molecule has 3 rings (SSSR count). The Labute approximate surface area is 148 Å². The van der Waals surface area contributed by atoms with Gasteiger partial charge in [0.1, 0.15) is 5.56 Å². The second-order valence-corrected chi connectivity index (χ2v) is 7.03. The molecule has 7 heteroatoms. The number of carbonyl (C=O) groups excluding carboxylic acids is 1. The molecule has 25 heavy (non-hydrogen) atoms. The van der Waals surface area contributed by atoms with Gasteiger partial charge in [-0.1, -0.05) is 43.4 Å². The van der Waals surface area contributed by atoms with Gasteiger partial charge in [-0.25, -0.2) is 0 Å². The van der Waals surface area contributed by atoms with Gasteiger partial charge < -0.3 is 4.57 Å². The third-order valence-electron chi connectivity index (χ3n) is 4.03. The smallest absolute Gasteiger partial charge is 0.286 e. The molecule has 0 atom stereocenters. The molecule has 0 bridgehead atoms. The largest absolute Gasteiger partial charge is 0.319 e. The molecular weight excluding hydrogens is 338 g/mol. The topological polar surface area (TPSA) is 77.5 Å². The van der Waals surface area contributed by atoms with E-state index in [-0.39, 0.29) is 11.3 Å². The Hall–Kier alpha value is -2.80. The van der Waals surface area contributed by atoms with Gasteiger partial charge in [0, 0.05) is 13.1 Å². The van der Waals surface area contributed by atoms with Crippen LogP contribution in [0.2, 0.25) is 0 Å². The van der Waals surface area contributed by atoms with Crippen molar-refractivity contribution < 1.29 is 9.72 Å². The highest BCUT2D eigenvalue weighted by Gasteiger charge is 2.19. The van der Waals surface area contributed by atoms with E-state index in [0.29, 0.717) is 10.7 Å². The average molecular weight is 355 g/mol. The first-order valence-corrected chi connectivity index (χ1v) is 8.62. The van der Waals surface area contributed by atoms with Crippen molar-refractivity contribution in [3.63, 3.8) is 0 Å². The first-order chi connectivity index (χ1) is 11.9. The number of hydrogen-bond donors (Lipinski definition) is 0. The number of amides is 1. The summed E-state index contributed by atoms with van der Waals surface area (Å²) in [6.45, 7) is 4.25. The number of fused-ring (bicyclic) bond motifs is 1. The number of para-hydroxylation sites is 1. The summed E-state index contributed by atoms with van der Waals surface area (Å²) < 4.78 is 2.86. The SMILES string of the molecule is CC(C)c1ccc2c(c1)sc(=NC(=O)c1ccccc1[N+](=O)[O-])n2C. The fraction of sp³-hybridized carbons (Fsp3) is 0.222. The normalized spacial score (nSPS) is 12.1. The molecule has 2 aromatic carbocycles. The highest BCUT2D eigenvalue weighted by molar-refractivity contribution is 7.16. The molecule has 0 unspecified atom stereocenters. The van der Waals surface area contributed by atoms with Crippen molar-refractivity contribution in [3.8, 4) is 0 Å². The summed E-state index contributed by atoms with van der Waals surface area (Å²) in [6, 6.07) is 12.0. The van der Waals surface area contributed by atoms with E-state index in [0.717, 1.165) is 10.2 Å². The van der Waals surface area contributed by atoms with Crippen molar-refractivity contribution in [3.05, 3.63) is 68.5 Å². The zero-order valence-corrected chi connectivity index (χ0v) is 14.9. The number of benzene rings is 2. The third-order valence-corrected chi connectivity index (χ3v) is 5.12. The Kier molecular flexibility index (Phi) is 4.50. The standard InChI is InChI=1S/C18H17N3O3S/c1-11(2)12-8-9-15-16(10-12)25-18(20(15)3)19-17(22)13-6-4-5-7-14(13)21(23)24/h4-11H,1-3H3. The highest BCUT2D eigenvalue weighted by atomic mass is 32.1. The molecule has 1 aromatic heterocycles. The van der Waals surface area contributed by atoms with E-state index in [9.17, 15) is 14.9 Å². The van der Waals surface area contributed by atoms with Crippen LogP contribution in [-0.4, -0.2) is 15.4 Å². The number of aryl methyl sites for hydroxylation is 1. The van der Waals surface area contributed by atoms with Crippen molar-refractivity contribution in [1.82, 2.24) is 4.57 Å². The van der Waals surface area contributed by atoms with Gasteiger partial charge in [-0.2, -0.15) is 4.99 Å². The fourth-order valence-electron chi connectivity index (χ4n) is 2.58. The Balaban J connectivity index is 2.11. The van der Waals surface area contributed by atoms with E-state index in [2.05, 4.69) is 31.0 Å². The Morgan fingerprint density at radius 3 is 2.64 bits per heavy atom. The van der Waals surface area contributed by atoms with E-state index < -0.39 is 10.8 Å². The van der Waals surface area contributed by atoms with Gasteiger partial charge in [-0.3, -0.25) is 14.9 Å². The van der Waals surface area contributed by atoms with Gasteiger partial charge >= 0.3 is 0 Å². The van der Waals surface area contributed by atoms with Crippen LogP contribution < -0.4 is 4.80 Å². The van der Waals surface area contributed by atoms with Gasteiger partial charge in [-0.05, 0) is 29.7 Å². The Morgan fingerprint density at radius 1 is 1.24 bits per heavy atom. The van der Waals surface area contributed by atoms with Gasteiger partial charge in [0.25, 0.3) is 11.6 Å². The van der Waals surface area contributed by atoms with E-state index in [4.69, 9.17) is 0 Å². The molecule has 0 radical (unpaired) electrons. The van der Waals surface area contributed by atoms with Gasteiger partial charge in [0.15, 0.2) is 4.80 Å². The highest BCUT2D eigenvalue weighted by Crippen LogP contribution is 2.23. The molecule has 128 valence electrons. The zero-order chi connectivity index (χ0) is 18.1. The van der Waals surface area contributed by atoms with E-state index >= 15 is 0 Å². The van der Waals surface area contributed by atoms with E-state index in [1.165, 1.54) is 35.1 Å². The van der Waals surface area contributed by atoms with E-state index in [1.807, 2.05) is 17.7 Å². The predicted molar refractivity (Wildman–Crippen MR) is 97.9 cm³/mol. The lowest BCUT2D eigenvalue weighted by Crippen LogP contribution is -2.14. The first kappa shape index (κ1) is 17.0. The number of carbonyl (C=O) groups is 1. The molecule has 0 spiro atoms. The van der Waals surface area contributed by atoms with Crippen molar-refractivity contribution in [2.75, 3.05) is 0 Å². The molecule has 0 fully saturated rings. The number of hydrogen-bond acceptors (Lipinski definition) is 4. The first-order valence-electron chi connectivity index (χ1n) is 7.80. The summed E-state index contributed by atoms with van der Waals surface area (Å²) >= 11 is 1.40. The number of aromatic nitrogens is 1. The van der Waals surface area contributed by atoms with Crippen LogP contribution in [-0.2, 0) is 7.05 Å². The summed E-state index contributed by atoms with van der Waals surface area (Å²) in [7, 11) is 1.83. The van der Waals surface area contributed by atoms with Crippen molar-refractivity contribution in [2.45, 2.75) is 19.8 Å². The number of nitro benzene ring substituents is 1. The van der Waals surface area contributed by atoms with Crippen LogP contribution in [0.3, 0.4) is 0 Å². The molecule has 0 saturated carbocycles. The van der Waals surface area contributed by atoms with Gasteiger partial charge in [0.2, 0.25) is 0 Å². The molecule has 0 aliphatic rings. The summed E-state index contributed by atoms with van der Waals surface area (Å²) in [5.41, 5.74) is 1.95. The molecular formula is C18H17N3O3S. The van der Waals surface area contributed by atoms with Gasteiger partial charge in [0.05, 0.1) is 15.1 Å². The number of nitro groups is 1. The van der Waals surface area contributed by atoms with Crippen LogP contribution in [0.15, 0.2) is 47.5 Å². The number of rotatable bonds is 3. The van der Waals surface area contributed by atoms with Crippen molar-refractivity contribution in [2.24, 2.45) is 12.0 Å². The van der Waals surface area contributed by atoms with Crippen LogP contribution in [0, 0.1) is 10.1 Å². The minimum Gasteiger partial charge on any atom is -0.319 e. The maximum absolute atomic E-state index is 12.5. The van der Waals surface area contributed by atoms with Crippen LogP contribution in [0.5, 0.6) is 0 Å². The Morgan fingerprint density at radius 2 is 1.96 bits per heavy atom. The minimum absolute atomic E-state index is 0.00664. The monoisotopic (exact) mass is 355 g/mol. The maximum atomic E-state index is 12.5. The average Bonchev–Trinajstić information content (AvgIpc) is 2.90. The summed E-state index contributed by atoms with van der Waals surface area (Å²) in [6.07, 6.45) is 0. The van der Waals surface area contributed by atoms with Crippen molar-refractivity contribution >= 4 is 33.1 Å². The maximum Gasteiger partial charge on any atom is 0.286 e. The molecule has 6 nitrogen and oxygen atoms in total. The van der Waals surface area contributed by atoms with Crippen LogP contribution >= 0.6 is 11.3 Å². The van der Waals surface area contributed by atoms with Crippen LogP contribution in [0.1, 0.15) is 35.7 Å². The second-order valence-electron chi connectivity index (χ2n) is 6.02. The molecule has 1 heterocycles. The molecule has 1 amide bonds. The van der Waals surface area contributed by atoms with Crippen LogP contribution in [0.25, 0.3) is 10.2 Å². The number of nitrogens with zero attached hydrogens (tertiary/aromatic N) is 3. The van der Waals surface area contributed by atoms with Crippen molar-refractivity contribution in [1.29, 1.82) is 0 Å². The van der Waals surface area contributed by atoms with Crippen LogP contribution in [0.4, 0.5) is 5.69 Å². The fourth-order valence-corrected chi connectivity index (χ4v) is 3.64. The lowest BCUT2D eigenvalue weighted by Gasteiger charge is -2.04. The Bertz CT molecular complexity index is 1050. The quantitative estimate of drug-likeness (QED) is 0.526. The molecule has 0 saturated heterocycles. The molecule has 0 N–H and O–H groups in total. The zero-order valence-electron chi connectivity index (χ0n) is 14.1. The summed E-state index contributed by atoms with van der Waals surface area (Å²) in [4.78, 5) is 27.6. The second kappa shape index (κ2) is 6.60. The van der Waals surface area contributed by atoms with Gasteiger partial charge in [-0.15, -0.1) is 0 Å². The minimum atomic E-state index is -0.612. The third kappa shape index (κ3) is 3.23.